The van der Waals surface area contributed by atoms with E-state index in [0.717, 1.165) is 0 Å². The molecule has 0 rings (SSSR count). The fourth-order valence-electron chi connectivity index (χ4n) is 0.333. The number of alkyl halides is 3. The fourth-order valence-corrected chi connectivity index (χ4v) is 1.00. The van der Waals surface area contributed by atoms with Crippen LogP contribution in [-0.2, 0) is 4.79 Å². The highest BCUT2D eigenvalue weighted by Gasteiger charge is 2.34. The molecule has 0 unspecified atom stereocenters. The van der Waals surface area contributed by atoms with Gasteiger partial charge in [-0.05, 0) is 11.8 Å². The lowest BCUT2D eigenvalue weighted by atomic mass is 9.96. The second-order valence-corrected chi connectivity index (χ2v) is 4.02. The van der Waals surface area contributed by atoms with Gasteiger partial charge in [-0.3, -0.25) is 4.79 Å². The molecule has 0 saturated heterocycles. The molecular weight excluding hydrogens is 191 g/mol. The third-order valence-electron chi connectivity index (χ3n) is 1.26. The molecule has 2 nitrogen and oxygen atoms in total. The van der Waals surface area contributed by atoms with Crippen molar-refractivity contribution in [1.82, 2.24) is 0 Å². The third kappa shape index (κ3) is 4.48. The van der Waals surface area contributed by atoms with Gasteiger partial charge in [0, 0.05) is 5.75 Å². The summed E-state index contributed by atoms with van der Waals surface area (Å²) in [4.78, 5) is 10.6. The number of amides is 1. The first kappa shape index (κ1) is 11.6. The molecule has 0 heterocycles. The predicted octanol–water partition coefficient (Wildman–Crippen LogP) is 1.75. The number of halogens is 3. The van der Waals surface area contributed by atoms with Gasteiger partial charge in [0.05, 0.1) is 5.41 Å². The Balaban J connectivity index is 4.01. The molecule has 72 valence electrons. The van der Waals surface area contributed by atoms with Crippen molar-refractivity contribution in [3.8, 4) is 0 Å². The number of hydrogen-bond donors (Lipinski definition) is 1. The molecule has 0 aliphatic carbocycles. The monoisotopic (exact) mass is 201 g/mol. The van der Waals surface area contributed by atoms with Crippen LogP contribution in [0.1, 0.15) is 13.8 Å². The van der Waals surface area contributed by atoms with E-state index in [-0.39, 0.29) is 17.5 Å². The van der Waals surface area contributed by atoms with E-state index in [1.807, 2.05) is 0 Å². The second kappa shape index (κ2) is 3.55. The molecule has 0 aromatic carbocycles. The van der Waals surface area contributed by atoms with Crippen molar-refractivity contribution in [2.45, 2.75) is 19.4 Å². The van der Waals surface area contributed by atoms with Crippen LogP contribution in [0.4, 0.5) is 13.2 Å². The van der Waals surface area contributed by atoms with E-state index in [2.05, 4.69) is 0 Å². The number of hydrogen-bond acceptors (Lipinski definition) is 2. The molecule has 0 aliphatic heterocycles. The molecule has 0 aliphatic rings. The van der Waals surface area contributed by atoms with Gasteiger partial charge >= 0.3 is 5.51 Å². The maximum atomic E-state index is 11.7. The van der Waals surface area contributed by atoms with E-state index < -0.39 is 16.8 Å². The van der Waals surface area contributed by atoms with Gasteiger partial charge in [-0.1, -0.05) is 13.8 Å². The molecule has 0 aromatic heterocycles. The third-order valence-corrected chi connectivity index (χ3v) is 2.46. The Bertz CT molecular complexity index is 178. The van der Waals surface area contributed by atoms with Crippen LogP contribution in [-0.4, -0.2) is 17.2 Å². The number of carbonyl (C=O) groups excluding carboxylic acids is 1. The largest absolute Gasteiger partial charge is 0.441 e. The van der Waals surface area contributed by atoms with Gasteiger partial charge in [0.2, 0.25) is 5.91 Å². The zero-order chi connectivity index (χ0) is 9.99. The molecule has 0 atom stereocenters. The molecule has 6 heteroatoms. The summed E-state index contributed by atoms with van der Waals surface area (Å²) in [5.74, 6) is -1.06. The van der Waals surface area contributed by atoms with Gasteiger partial charge in [-0.15, -0.1) is 0 Å². The highest BCUT2D eigenvalue weighted by molar-refractivity contribution is 8.00. The number of rotatable bonds is 3. The van der Waals surface area contributed by atoms with Crippen molar-refractivity contribution in [3.05, 3.63) is 0 Å². The molecule has 0 spiro atoms. The number of thioether (sulfide) groups is 1. The van der Waals surface area contributed by atoms with Crippen LogP contribution in [0.3, 0.4) is 0 Å². The SMILES string of the molecule is CC(C)(CSC(F)(F)F)C(N)=O. The van der Waals surface area contributed by atoms with Crippen molar-refractivity contribution >= 4 is 17.7 Å². The van der Waals surface area contributed by atoms with E-state index in [4.69, 9.17) is 5.73 Å². The fraction of sp³-hybridized carbons (Fsp3) is 0.833. The Morgan fingerprint density at radius 3 is 2.08 bits per heavy atom. The first-order valence-electron chi connectivity index (χ1n) is 3.16. The number of carbonyl (C=O) groups is 1. The normalized spacial score (nSPS) is 13.1. The lowest BCUT2D eigenvalue weighted by molar-refractivity contribution is -0.124. The number of primary amides is 1. The average Bonchev–Trinajstić information content (AvgIpc) is 1.82. The van der Waals surface area contributed by atoms with Crippen LogP contribution in [0.2, 0.25) is 0 Å². The minimum Gasteiger partial charge on any atom is -0.369 e. The van der Waals surface area contributed by atoms with Gasteiger partial charge in [-0.25, -0.2) is 0 Å². The highest BCUT2D eigenvalue weighted by atomic mass is 32.2. The van der Waals surface area contributed by atoms with Crippen molar-refractivity contribution in [2.75, 3.05) is 5.75 Å². The Morgan fingerprint density at radius 2 is 1.83 bits per heavy atom. The summed E-state index contributed by atoms with van der Waals surface area (Å²) >= 11 is -0.232. The minimum atomic E-state index is -4.30. The Morgan fingerprint density at radius 1 is 1.42 bits per heavy atom. The summed E-state index contributed by atoms with van der Waals surface area (Å²) in [6.45, 7) is 2.77. The maximum Gasteiger partial charge on any atom is 0.441 e. The molecule has 12 heavy (non-hydrogen) atoms. The summed E-state index contributed by atoms with van der Waals surface area (Å²) in [6, 6.07) is 0. The Hall–Kier alpha value is -0.390. The van der Waals surface area contributed by atoms with E-state index >= 15 is 0 Å². The van der Waals surface area contributed by atoms with Gasteiger partial charge in [-0.2, -0.15) is 13.2 Å². The van der Waals surface area contributed by atoms with E-state index in [9.17, 15) is 18.0 Å². The van der Waals surface area contributed by atoms with Gasteiger partial charge < -0.3 is 5.73 Å². The molecular formula is C6H10F3NOS. The summed E-state index contributed by atoms with van der Waals surface area (Å²) in [5.41, 5.74) is -0.530. The van der Waals surface area contributed by atoms with Gasteiger partial charge in [0.25, 0.3) is 0 Å². The molecule has 0 fully saturated rings. The van der Waals surface area contributed by atoms with Gasteiger partial charge in [0.1, 0.15) is 0 Å². The van der Waals surface area contributed by atoms with Crippen LogP contribution in [0.25, 0.3) is 0 Å². The molecule has 2 N–H and O–H groups in total. The summed E-state index contributed by atoms with van der Waals surface area (Å²) in [5, 5.41) is 0. The van der Waals surface area contributed by atoms with E-state index in [1.165, 1.54) is 13.8 Å². The first-order chi connectivity index (χ1) is 5.15. The van der Waals surface area contributed by atoms with Crippen molar-refractivity contribution < 1.29 is 18.0 Å². The van der Waals surface area contributed by atoms with E-state index in [0.29, 0.717) is 0 Å². The molecule has 0 radical (unpaired) electrons. The zero-order valence-corrected chi connectivity index (χ0v) is 7.55. The van der Waals surface area contributed by atoms with Crippen molar-refractivity contribution in [2.24, 2.45) is 11.1 Å². The summed E-state index contributed by atoms with van der Waals surface area (Å²) in [7, 11) is 0. The predicted molar refractivity (Wildman–Crippen MR) is 41.5 cm³/mol. The molecule has 0 aromatic rings. The van der Waals surface area contributed by atoms with Crippen LogP contribution in [0.5, 0.6) is 0 Å². The molecule has 0 bridgehead atoms. The molecule has 0 saturated carbocycles. The Labute approximate surface area is 72.7 Å². The van der Waals surface area contributed by atoms with E-state index in [1.54, 1.807) is 0 Å². The standard InChI is InChI=1S/C6H10F3NOS/c1-5(2,4(10)11)3-12-6(7,8)9/h3H2,1-2H3,(H2,10,11). The number of nitrogens with two attached hydrogens (primary N) is 1. The lowest BCUT2D eigenvalue weighted by Crippen LogP contribution is -2.34. The second-order valence-electron chi connectivity index (χ2n) is 2.98. The zero-order valence-electron chi connectivity index (χ0n) is 6.73. The van der Waals surface area contributed by atoms with Crippen molar-refractivity contribution in [1.29, 1.82) is 0 Å². The van der Waals surface area contributed by atoms with Crippen LogP contribution >= 0.6 is 11.8 Å². The summed E-state index contributed by atoms with van der Waals surface area (Å²) < 4.78 is 35.0. The first-order valence-corrected chi connectivity index (χ1v) is 4.14. The maximum absolute atomic E-state index is 11.7. The van der Waals surface area contributed by atoms with Gasteiger partial charge in [0.15, 0.2) is 0 Å². The lowest BCUT2D eigenvalue weighted by Gasteiger charge is -2.20. The highest BCUT2D eigenvalue weighted by Crippen LogP contribution is 2.34. The Kier molecular flexibility index (Phi) is 3.44. The summed E-state index contributed by atoms with van der Waals surface area (Å²) in [6.07, 6.45) is 0. The topological polar surface area (TPSA) is 43.1 Å². The van der Waals surface area contributed by atoms with Crippen molar-refractivity contribution in [3.63, 3.8) is 0 Å². The van der Waals surface area contributed by atoms with Crippen LogP contribution in [0, 0.1) is 5.41 Å². The molecule has 1 amide bonds. The quantitative estimate of drug-likeness (QED) is 0.755. The van der Waals surface area contributed by atoms with Crippen LogP contribution < -0.4 is 5.73 Å². The average molecular weight is 201 g/mol. The van der Waals surface area contributed by atoms with Crippen LogP contribution in [0.15, 0.2) is 0 Å². The smallest absolute Gasteiger partial charge is 0.369 e. The minimum absolute atomic E-state index is 0.232.